The van der Waals surface area contributed by atoms with Crippen molar-refractivity contribution in [2.75, 3.05) is 0 Å². The van der Waals surface area contributed by atoms with Crippen LogP contribution in [0.15, 0.2) is 0 Å². The van der Waals surface area contributed by atoms with Crippen LogP contribution in [0.1, 0.15) is 26.7 Å². The van der Waals surface area contributed by atoms with Gasteiger partial charge in [0.2, 0.25) is 5.52 Å². The maximum atomic E-state index is 11.4. The summed E-state index contributed by atoms with van der Waals surface area (Å²) < 4.78 is 44.8. The van der Waals surface area contributed by atoms with Crippen LogP contribution < -0.4 is 5.32 Å². The number of rotatable bonds is 9. The molecule has 0 aromatic rings. The molecule has 0 radical (unpaired) electrons. The summed E-state index contributed by atoms with van der Waals surface area (Å²) in [5, 5.41) is 4.51. The normalized spacial score (nSPS) is 13.7. The summed E-state index contributed by atoms with van der Waals surface area (Å²) in [6.07, 6.45) is 1.02. The molecule has 0 aliphatic rings. The Balaban J connectivity index is 0. The van der Waals surface area contributed by atoms with Crippen molar-refractivity contribution < 1.29 is 72.1 Å². The molecular weight excluding hydrogens is 474 g/mol. The smallest absolute Gasteiger partial charge is 0.365 e. The maximum Gasteiger partial charge on any atom is 0.365 e. The van der Waals surface area contributed by atoms with Gasteiger partial charge in [0.25, 0.3) is 5.02 Å². The Hall–Kier alpha value is -0.300. The third kappa shape index (κ3) is 8.21. The molecule has 0 aliphatic heterocycles. The Labute approximate surface area is 157 Å². The number of Topliss-reactive ketones (excluding diaryl/α,β-unsaturated/α-hetero) is 1. The zero-order valence-corrected chi connectivity index (χ0v) is 17.8. The molecule has 0 atom stereocenters. The van der Waals surface area contributed by atoms with Crippen LogP contribution in [0, 0.1) is 0 Å². The van der Waals surface area contributed by atoms with E-state index in [1.807, 2.05) is 6.92 Å². The van der Waals surface area contributed by atoms with E-state index in [-0.39, 0.29) is 6.92 Å². The predicted octanol–water partition coefficient (Wildman–Crippen LogP) is -1.32. The van der Waals surface area contributed by atoms with E-state index in [2.05, 4.69) is 0 Å². The molecule has 168 valence electrons. The maximum absolute atomic E-state index is 11.4. The van der Waals surface area contributed by atoms with E-state index in [0.717, 1.165) is 11.7 Å². The molecule has 0 aromatic heterocycles. The van der Waals surface area contributed by atoms with Gasteiger partial charge in [0.15, 0.2) is 5.78 Å². The monoisotopic (exact) mass is 495 g/mol. The zero-order chi connectivity index (χ0) is 23.4. The molecule has 0 spiro atoms. The standard InChI is InChI=1S/C4H13NO13P4.C4H8O2/c1-2(6)4(21(13,14)15,22(16,17)18)5-3(19(7,8)9)20(10,11)12;1-2-3-4(5)6/h3,5H,1H3,(H2,7,8,9)(H2,10,11,12)(H2,13,14,15)(H2,16,17,18);2-3H2,1H3,(H,5,6). The van der Waals surface area contributed by atoms with Gasteiger partial charge in [-0.2, -0.15) is 0 Å². The van der Waals surface area contributed by atoms with Crippen LogP contribution in [-0.2, 0) is 27.8 Å². The Kier molecular flexibility index (Phi) is 10.8. The molecular formula is C8H21NO15P4. The first kappa shape index (κ1) is 29.9. The first-order chi connectivity index (χ1) is 12.1. The fourth-order valence-electron chi connectivity index (χ4n) is 1.61. The Morgan fingerprint density at radius 2 is 1.18 bits per heavy atom. The molecule has 0 heterocycles. The molecule has 16 nitrogen and oxygen atoms in total. The fraction of sp³-hybridized carbons (Fsp3) is 0.750. The highest BCUT2D eigenvalue weighted by Crippen LogP contribution is 2.70. The molecule has 0 saturated carbocycles. The van der Waals surface area contributed by atoms with Crippen molar-refractivity contribution in [3.63, 3.8) is 0 Å². The van der Waals surface area contributed by atoms with Crippen LogP contribution >= 0.6 is 30.4 Å². The topological polar surface area (TPSA) is 297 Å². The third-order valence-electron chi connectivity index (χ3n) is 2.77. The summed E-state index contributed by atoms with van der Waals surface area (Å²) in [6.45, 7) is 2.09. The second-order valence-corrected chi connectivity index (χ2v) is 12.8. The SMILES string of the molecule is CC(=O)C(NC(P(=O)(O)O)P(=O)(O)O)(P(=O)(O)O)P(=O)(O)O.CCCC(=O)O. The van der Waals surface area contributed by atoms with Crippen LogP contribution in [0.4, 0.5) is 0 Å². The number of carboxylic acid groups (broad SMARTS) is 1. The third-order valence-corrected chi connectivity index (χ3v) is 10.2. The van der Waals surface area contributed by atoms with E-state index in [9.17, 15) is 27.8 Å². The summed E-state index contributed by atoms with van der Waals surface area (Å²) in [5.41, 5.74) is -3.43. The van der Waals surface area contributed by atoms with Crippen molar-refractivity contribution in [2.45, 2.75) is 37.2 Å². The van der Waals surface area contributed by atoms with E-state index in [1.54, 1.807) is 0 Å². The van der Waals surface area contributed by atoms with Gasteiger partial charge >= 0.3 is 36.4 Å². The lowest BCUT2D eigenvalue weighted by atomic mass is 10.4. The summed E-state index contributed by atoms with van der Waals surface area (Å²) >= 11 is 0. The number of carbonyl (C=O) groups excluding carboxylic acids is 1. The minimum atomic E-state index is -6.19. The Bertz CT molecular complexity index is 710. The minimum Gasteiger partial charge on any atom is -0.481 e. The van der Waals surface area contributed by atoms with E-state index in [0.29, 0.717) is 6.42 Å². The van der Waals surface area contributed by atoms with Gasteiger partial charge < -0.3 is 44.3 Å². The van der Waals surface area contributed by atoms with Gasteiger partial charge in [0.05, 0.1) is 0 Å². The van der Waals surface area contributed by atoms with Crippen molar-refractivity contribution in [1.82, 2.24) is 5.32 Å². The molecule has 28 heavy (non-hydrogen) atoms. The highest BCUT2D eigenvalue weighted by molar-refractivity contribution is 7.75. The van der Waals surface area contributed by atoms with Crippen LogP contribution in [0.5, 0.6) is 0 Å². The van der Waals surface area contributed by atoms with E-state index in [4.69, 9.17) is 44.3 Å². The molecule has 0 fully saturated rings. The number of aliphatic carboxylic acids is 1. The number of carbonyl (C=O) groups is 2. The Morgan fingerprint density at radius 1 is 0.857 bits per heavy atom. The zero-order valence-electron chi connectivity index (χ0n) is 14.3. The lowest BCUT2D eigenvalue weighted by Gasteiger charge is -2.36. The second kappa shape index (κ2) is 10.1. The molecule has 0 aliphatic carbocycles. The average Bonchev–Trinajstić information content (AvgIpc) is 2.32. The molecule has 0 rings (SSSR count). The average molecular weight is 495 g/mol. The molecule has 0 saturated heterocycles. The predicted molar refractivity (Wildman–Crippen MR) is 91.1 cm³/mol. The van der Waals surface area contributed by atoms with Crippen molar-refractivity contribution in [3.05, 3.63) is 0 Å². The number of ketones is 1. The van der Waals surface area contributed by atoms with Crippen LogP contribution in [0.25, 0.3) is 0 Å². The second-order valence-electron chi connectivity index (χ2n) is 5.16. The molecule has 0 amide bonds. The van der Waals surface area contributed by atoms with Gasteiger partial charge in [-0.3, -0.25) is 33.2 Å². The van der Waals surface area contributed by atoms with Crippen LogP contribution in [-0.4, -0.2) is 66.6 Å². The lowest BCUT2D eigenvalue weighted by Crippen LogP contribution is -2.54. The van der Waals surface area contributed by atoms with Crippen LogP contribution in [0.3, 0.4) is 0 Å². The molecule has 20 heteroatoms. The minimum absolute atomic E-state index is 0.252. The lowest BCUT2D eigenvalue weighted by molar-refractivity contribution is -0.137. The highest BCUT2D eigenvalue weighted by Gasteiger charge is 2.67. The largest absolute Gasteiger partial charge is 0.481 e. The number of carboxylic acids is 1. The summed E-state index contributed by atoms with van der Waals surface area (Å²) in [7, 11) is -24.1. The molecule has 0 bridgehead atoms. The van der Waals surface area contributed by atoms with Gasteiger partial charge in [-0.1, -0.05) is 6.92 Å². The van der Waals surface area contributed by atoms with Crippen LogP contribution in [0.2, 0.25) is 0 Å². The van der Waals surface area contributed by atoms with Gasteiger partial charge in [-0.15, -0.1) is 0 Å². The van der Waals surface area contributed by atoms with Crippen molar-refractivity contribution in [3.8, 4) is 0 Å². The first-order valence-corrected chi connectivity index (χ1v) is 13.4. The van der Waals surface area contributed by atoms with Gasteiger partial charge in [-0.25, -0.2) is 0 Å². The molecule has 0 unspecified atom stereocenters. The van der Waals surface area contributed by atoms with Crippen molar-refractivity contribution in [2.24, 2.45) is 0 Å². The van der Waals surface area contributed by atoms with E-state index < -0.39 is 52.7 Å². The first-order valence-electron chi connectivity index (χ1n) is 6.78. The number of hydrogen-bond donors (Lipinski definition) is 10. The molecule has 0 aromatic carbocycles. The van der Waals surface area contributed by atoms with Gasteiger partial charge in [0.1, 0.15) is 0 Å². The summed E-state index contributed by atoms with van der Waals surface area (Å²) in [5.74, 6) is -2.70. The Morgan fingerprint density at radius 3 is 1.29 bits per heavy atom. The summed E-state index contributed by atoms with van der Waals surface area (Å²) in [6, 6.07) is 0. The van der Waals surface area contributed by atoms with Crippen molar-refractivity contribution >= 4 is 42.1 Å². The van der Waals surface area contributed by atoms with E-state index in [1.165, 1.54) is 0 Å². The summed E-state index contributed by atoms with van der Waals surface area (Å²) in [4.78, 5) is 92.5. The molecule has 10 N–H and O–H groups in total. The van der Waals surface area contributed by atoms with Gasteiger partial charge in [0, 0.05) is 6.42 Å². The number of nitrogens with one attached hydrogen (secondary N) is 1. The highest BCUT2D eigenvalue weighted by atomic mass is 31.2. The quantitative estimate of drug-likeness (QED) is 0.166. The number of hydrogen-bond acceptors (Lipinski definition) is 7. The van der Waals surface area contributed by atoms with E-state index >= 15 is 0 Å². The van der Waals surface area contributed by atoms with Crippen molar-refractivity contribution in [1.29, 1.82) is 0 Å². The fourth-order valence-corrected chi connectivity index (χ4v) is 7.08. The van der Waals surface area contributed by atoms with Gasteiger partial charge in [-0.05, 0) is 13.3 Å².